The van der Waals surface area contributed by atoms with E-state index in [2.05, 4.69) is 36.5 Å². The van der Waals surface area contributed by atoms with Gasteiger partial charge in [-0.05, 0) is 12.2 Å². The third kappa shape index (κ3) is 3.57. The molecule has 1 aliphatic heterocycles. The zero-order chi connectivity index (χ0) is 7.07. The maximum atomic E-state index is 2.21. The van der Waals surface area contributed by atoms with E-state index in [0.717, 1.165) is 5.75 Å². The standard InChI is InChI=1S/C9H12S/c1-2-4-6-8-10-9-7-5-3-1/h1-6H,7-9H2. The van der Waals surface area contributed by atoms with E-state index in [1.807, 2.05) is 11.8 Å². The van der Waals surface area contributed by atoms with Crippen LogP contribution >= 0.6 is 11.8 Å². The first-order valence-corrected chi connectivity index (χ1v) is 4.72. The normalized spacial score (nSPS) is 19.2. The van der Waals surface area contributed by atoms with Gasteiger partial charge in [0.05, 0.1) is 0 Å². The molecule has 1 heterocycles. The van der Waals surface area contributed by atoms with Crippen molar-refractivity contribution in [3.05, 3.63) is 36.5 Å². The lowest BCUT2D eigenvalue weighted by Crippen LogP contribution is -1.77. The predicted octanol–water partition coefficient (Wildman–Crippen LogP) is 2.79. The Morgan fingerprint density at radius 2 is 1.70 bits per heavy atom. The van der Waals surface area contributed by atoms with Gasteiger partial charge in [0.2, 0.25) is 0 Å². The highest BCUT2D eigenvalue weighted by molar-refractivity contribution is 7.99. The average molecular weight is 152 g/mol. The van der Waals surface area contributed by atoms with Crippen LogP contribution in [-0.4, -0.2) is 11.5 Å². The fourth-order valence-corrected chi connectivity index (χ4v) is 1.46. The van der Waals surface area contributed by atoms with Gasteiger partial charge in [-0.15, -0.1) is 0 Å². The Morgan fingerprint density at radius 1 is 0.900 bits per heavy atom. The molecule has 0 aromatic heterocycles. The molecule has 1 rings (SSSR count). The highest BCUT2D eigenvalue weighted by Crippen LogP contribution is 2.04. The lowest BCUT2D eigenvalue weighted by molar-refractivity contribution is 1.24. The predicted molar refractivity (Wildman–Crippen MR) is 49.4 cm³/mol. The van der Waals surface area contributed by atoms with Crippen LogP contribution in [0, 0.1) is 0 Å². The van der Waals surface area contributed by atoms with Gasteiger partial charge in [-0.2, -0.15) is 11.8 Å². The fourth-order valence-electron chi connectivity index (χ4n) is 0.740. The molecule has 1 aliphatic rings. The van der Waals surface area contributed by atoms with E-state index < -0.39 is 0 Å². The van der Waals surface area contributed by atoms with Gasteiger partial charge < -0.3 is 0 Å². The van der Waals surface area contributed by atoms with Gasteiger partial charge in [0.25, 0.3) is 0 Å². The molecule has 0 aromatic rings. The molecule has 0 N–H and O–H groups in total. The van der Waals surface area contributed by atoms with E-state index in [0.29, 0.717) is 0 Å². The van der Waals surface area contributed by atoms with E-state index in [9.17, 15) is 0 Å². The highest BCUT2D eigenvalue weighted by Gasteiger charge is 1.82. The molecule has 0 spiro atoms. The minimum absolute atomic E-state index is 1.15. The maximum Gasteiger partial charge on any atom is 0.0116 e. The summed E-state index contributed by atoms with van der Waals surface area (Å²) < 4.78 is 0. The van der Waals surface area contributed by atoms with Crippen molar-refractivity contribution >= 4 is 11.8 Å². The quantitative estimate of drug-likeness (QED) is 0.514. The number of thioether (sulfide) groups is 1. The number of hydrogen-bond acceptors (Lipinski definition) is 1. The third-order valence-corrected chi connectivity index (χ3v) is 2.20. The molecule has 0 bridgehead atoms. The number of allylic oxidation sites excluding steroid dienone is 5. The van der Waals surface area contributed by atoms with Crippen LogP contribution in [-0.2, 0) is 0 Å². The summed E-state index contributed by atoms with van der Waals surface area (Å²) >= 11 is 1.98. The summed E-state index contributed by atoms with van der Waals surface area (Å²) in [6.07, 6.45) is 14.0. The molecule has 0 amide bonds. The molecule has 0 radical (unpaired) electrons. The topological polar surface area (TPSA) is 0 Å². The molecule has 0 unspecified atom stereocenters. The molecular formula is C9H12S. The van der Waals surface area contributed by atoms with Gasteiger partial charge in [0.15, 0.2) is 0 Å². The van der Waals surface area contributed by atoms with Crippen molar-refractivity contribution in [1.82, 2.24) is 0 Å². The van der Waals surface area contributed by atoms with Crippen LogP contribution in [0.25, 0.3) is 0 Å². The van der Waals surface area contributed by atoms with Crippen LogP contribution < -0.4 is 0 Å². The average Bonchev–Trinajstić information content (AvgIpc) is 2.01. The van der Waals surface area contributed by atoms with Crippen molar-refractivity contribution in [1.29, 1.82) is 0 Å². The Labute approximate surface area is 66.7 Å². The first-order chi connectivity index (χ1) is 5.00. The van der Waals surface area contributed by atoms with Gasteiger partial charge in [-0.3, -0.25) is 0 Å². The van der Waals surface area contributed by atoms with Gasteiger partial charge in [-0.25, -0.2) is 0 Å². The minimum atomic E-state index is 1.15. The van der Waals surface area contributed by atoms with Crippen LogP contribution in [0.3, 0.4) is 0 Å². The molecule has 1 heteroatoms. The number of rotatable bonds is 0. The molecule has 54 valence electrons. The van der Waals surface area contributed by atoms with Crippen molar-refractivity contribution in [2.75, 3.05) is 11.5 Å². The highest BCUT2D eigenvalue weighted by atomic mass is 32.2. The summed E-state index contributed by atoms with van der Waals surface area (Å²) in [5.74, 6) is 2.40. The molecule has 0 aromatic carbocycles. The van der Waals surface area contributed by atoms with Crippen molar-refractivity contribution in [3.63, 3.8) is 0 Å². The summed E-state index contributed by atoms with van der Waals surface area (Å²) in [5.41, 5.74) is 0. The smallest absolute Gasteiger partial charge is 0.0116 e. The molecule has 0 saturated heterocycles. The SMILES string of the molecule is C1=CC=CCSCCC=C1. The summed E-state index contributed by atoms with van der Waals surface area (Å²) in [6, 6.07) is 0. The zero-order valence-electron chi connectivity index (χ0n) is 5.99. The van der Waals surface area contributed by atoms with Crippen LogP contribution in [0.5, 0.6) is 0 Å². The van der Waals surface area contributed by atoms with Crippen molar-refractivity contribution in [3.8, 4) is 0 Å². The van der Waals surface area contributed by atoms with Crippen molar-refractivity contribution < 1.29 is 0 Å². The second-order valence-electron chi connectivity index (χ2n) is 2.10. The first kappa shape index (κ1) is 7.67. The van der Waals surface area contributed by atoms with E-state index in [-0.39, 0.29) is 0 Å². The summed E-state index contributed by atoms with van der Waals surface area (Å²) in [5, 5.41) is 0. The molecule has 0 nitrogen and oxygen atoms in total. The molecule has 0 saturated carbocycles. The Hall–Kier alpha value is -0.430. The van der Waals surface area contributed by atoms with E-state index in [4.69, 9.17) is 0 Å². The van der Waals surface area contributed by atoms with Gasteiger partial charge in [-0.1, -0.05) is 36.5 Å². The van der Waals surface area contributed by atoms with Gasteiger partial charge in [0, 0.05) is 5.75 Å². The molecule has 0 aliphatic carbocycles. The monoisotopic (exact) mass is 152 g/mol. The fraction of sp³-hybridized carbons (Fsp3) is 0.333. The zero-order valence-corrected chi connectivity index (χ0v) is 6.81. The van der Waals surface area contributed by atoms with Crippen LogP contribution in [0.4, 0.5) is 0 Å². The summed E-state index contributed by atoms with van der Waals surface area (Å²) in [4.78, 5) is 0. The maximum absolute atomic E-state index is 2.21. The Kier molecular flexibility index (Phi) is 4.12. The molecular weight excluding hydrogens is 140 g/mol. The third-order valence-electron chi connectivity index (χ3n) is 1.25. The van der Waals surface area contributed by atoms with Gasteiger partial charge in [0.1, 0.15) is 0 Å². The summed E-state index contributed by atoms with van der Waals surface area (Å²) in [7, 11) is 0. The summed E-state index contributed by atoms with van der Waals surface area (Å²) in [6.45, 7) is 0. The van der Waals surface area contributed by atoms with Crippen molar-refractivity contribution in [2.45, 2.75) is 6.42 Å². The second kappa shape index (κ2) is 5.36. The molecule has 10 heavy (non-hydrogen) atoms. The van der Waals surface area contributed by atoms with E-state index >= 15 is 0 Å². The second-order valence-corrected chi connectivity index (χ2v) is 3.25. The van der Waals surface area contributed by atoms with Crippen LogP contribution in [0.1, 0.15) is 6.42 Å². The van der Waals surface area contributed by atoms with Crippen molar-refractivity contribution in [2.24, 2.45) is 0 Å². The molecule has 0 atom stereocenters. The van der Waals surface area contributed by atoms with Crippen LogP contribution in [0.15, 0.2) is 36.5 Å². The lowest BCUT2D eigenvalue weighted by atomic mass is 10.3. The van der Waals surface area contributed by atoms with E-state index in [1.54, 1.807) is 0 Å². The van der Waals surface area contributed by atoms with E-state index in [1.165, 1.54) is 12.2 Å². The Morgan fingerprint density at radius 3 is 2.60 bits per heavy atom. The van der Waals surface area contributed by atoms with Gasteiger partial charge >= 0.3 is 0 Å². The lowest BCUT2D eigenvalue weighted by Gasteiger charge is -1.93. The number of hydrogen-bond donors (Lipinski definition) is 0. The molecule has 0 fully saturated rings. The van der Waals surface area contributed by atoms with Crippen LogP contribution in [0.2, 0.25) is 0 Å². The Bertz CT molecular complexity index is 136. The largest absolute Gasteiger partial charge is 0.158 e. The minimum Gasteiger partial charge on any atom is -0.158 e. The first-order valence-electron chi connectivity index (χ1n) is 3.56. The Balaban J connectivity index is 2.40.